The van der Waals surface area contributed by atoms with Crippen LogP contribution in [-0.2, 0) is 13.5 Å². The fourth-order valence-electron chi connectivity index (χ4n) is 2.06. The molecule has 1 aromatic heterocycles. The van der Waals surface area contributed by atoms with Crippen molar-refractivity contribution in [3.8, 4) is 11.3 Å². The molecule has 0 amide bonds. The molecule has 3 nitrogen and oxygen atoms in total. The van der Waals surface area contributed by atoms with Crippen molar-refractivity contribution in [2.75, 3.05) is 5.73 Å². The molecule has 1 heterocycles. The minimum Gasteiger partial charge on any atom is -0.383 e. The van der Waals surface area contributed by atoms with E-state index in [1.54, 1.807) is 0 Å². The maximum Gasteiger partial charge on any atom is 0.131 e. The van der Waals surface area contributed by atoms with Gasteiger partial charge in [-0.2, -0.15) is 0 Å². The summed E-state index contributed by atoms with van der Waals surface area (Å²) in [7, 11) is 1.97. The predicted octanol–water partition coefficient (Wildman–Crippen LogP) is 2.85. The third-order valence-corrected chi connectivity index (χ3v) is 3.20. The van der Waals surface area contributed by atoms with Gasteiger partial charge < -0.3 is 10.3 Å². The number of hydrogen-bond acceptors (Lipinski definition) is 2. The maximum atomic E-state index is 6.13. The third kappa shape index (κ3) is 1.93. The number of aryl methyl sites for hydroxylation is 3. The molecule has 3 heteroatoms. The van der Waals surface area contributed by atoms with Crippen molar-refractivity contribution in [2.24, 2.45) is 7.05 Å². The molecule has 0 atom stereocenters. The Morgan fingerprint density at radius 2 is 2.00 bits per heavy atom. The lowest BCUT2D eigenvalue weighted by atomic mass is 10.0. The van der Waals surface area contributed by atoms with E-state index in [1.807, 2.05) is 11.6 Å². The number of imidazole rings is 1. The highest BCUT2D eigenvalue weighted by Crippen LogP contribution is 2.29. The summed E-state index contributed by atoms with van der Waals surface area (Å²) in [6.07, 6.45) is 0.894. The van der Waals surface area contributed by atoms with Crippen molar-refractivity contribution < 1.29 is 0 Å². The standard InChI is InChI=1S/C14H19N3/c1-5-12-16-13(14(15)17(12)4)11-8-9(2)6-7-10(11)3/h6-8H,5,15H2,1-4H3. The first-order valence-corrected chi connectivity index (χ1v) is 5.93. The summed E-state index contributed by atoms with van der Waals surface area (Å²) in [6, 6.07) is 6.37. The first kappa shape index (κ1) is 11.7. The van der Waals surface area contributed by atoms with Crippen LogP contribution in [0.1, 0.15) is 23.9 Å². The number of anilines is 1. The molecule has 0 aliphatic carbocycles. The summed E-state index contributed by atoms with van der Waals surface area (Å²) in [5.74, 6) is 1.77. The van der Waals surface area contributed by atoms with Gasteiger partial charge in [0.2, 0.25) is 0 Å². The lowest BCUT2D eigenvalue weighted by molar-refractivity contribution is 0.816. The molecule has 2 N–H and O–H groups in total. The topological polar surface area (TPSA) is 43.8 Å². The number of hydrogen-bond donors (Lipinski definition) is 1. The fourth-order valence-corrected chi connectivity index (χ4v) is 2.06. The van der Waals surface area contributed by atoms with Crippen LogP contribution >= 0.6 is 0 Å². The van der Waals surface area contributed by atoms with E-state index < -0.39 is 0 Å². The molecule has 0 fully saturated rings. The Morgan fingerprint density at radius 1 is 1.29 bits per heavy atom. The van der Waals surface area contributed by atoms with Gasteiger partial charge >= 0.3 is 0 Å². The molecule has 0 saturated heterocycles. The van der Waals surface area contributed by atoms with Crippen LogP contribution in [0.5, 0.6) is 0 Å². The summed E-state index contributed by atoms with van der Waals surface area (Å²) >= 11 is 0. The van der Waals surface area contributed by atoms with Gasteiger partial charge in [-0.25, -0.2) is 4.98 Å². The minimum absolute atomic E-state index is 0.746. The van der Waals surface area contributed by atoms with E-state index in [4.69, 9.17) is 5.73 Å². The number of rotatable bonds is 2. The number of nitrogens with zero attached hydrogens (tertiary/aromatic N) is 2. The second-order valence-electron chi connectivity index (χ2n) is 4.49. The summed E-state index contributed by atoms with van der Waals surface area (Å²) in [4.78, 5) is 4.64. The molecule has 0 bridgehead atoms. The zero-order chi connectivity index (χ0) is 12.6. The Bertz CT molecular complexity index is 553. The Kier molecular flexibility index (Phi) is 2.92. The van der Waals surface area contributed by atoms with Gasteiger partial charge in [-0.05, 0) is 25.5 Å². The van der Waals surface area contributed by atoms with Gasteiger partial charge in [0, 0.05) is 19.0 Å². The quantitative estimate of drug-likeness (QED) is 0.860. The second-order valence-corrected chi connectivity index (χ2v) is 4.49. The zero-order valence-corrected chi connectivity index (χ0v) is 10.9. The Morgan fingerprint density at radius 3 is 2.59 bits per heavy atom. The largest absolute Gasteiger partial charge is 0.383 e. The molecular formula is C14H19N3. The van der Waals surface area contributed by atoms with E-state index in [0.717, 1.165) is 29.3 Å². The van der Waals surface area contributed by atoms with Gasteiger partial charge in [0.15, 0.2) is 0 Å². The van der Waals surface area contributed by atoms with E-state index in [-0.39, 0.29) is 0 Å². The average molecular weight is 229 g/mol. The van der Waals surface area contributed by atoms with Gasteiger partial charge in [0.1, 0.15) is 17.3 Å². The van der Waals surface area contributed by atoms with Gasteiger partial charge in [0.05, 0.1) is 0 Å². The van der Waals surface area contributed by atoms with Crippen molar-refractivity contribution in [3.63, 3.8) is 0 Å². The Hall–Kier alpha value is -1.77. The number of aromatic nitrogens is 2. The summed E-state index contributed by atoms with van der Waals surface area (Å²) in [5.41, 5.74) is 10.6. The molecule has 1 aromatic carbocycles. The van der Waals surface area contributed by atoms with Crippen molar-refractivity contribution in [3.05, 3.63) is 35.2 Å². The van der Waals surface area contributed by atoms with Gasteiger partial charge in [-0.3, -0.25) is 0 Å². The van der Waals surface area contributed by atoms with Crippen molar-refractivity contribution in [1.82, 2.24) is 9.55 Å². The van der Waals surface area contributed by atoms with Gasteiger partial charge in [0.25, 0.3) is 0 Å². The van der Waals surface area contributed by atoms with Gasteiger partial charge in [-0.1, -0.05) is 24.6 Å². The van der Waals surface area contributed by atoms with Crippen molar-refractivity contribution in [1.29, 1.82) is 0 Å². The molecule has 90 valence electrons. The Balaban J connectivity index is 2.64. The summed E-state index contributed by atoms with van der Waals surface area (Å²) in [6.45, 7) is 6.27. The second kappa shape index (κ2) is 4.24. The van der Waals surface area contributed by atoms with E-state index in [2.05, 4.69) is 44.0 Å². The number of nitrogen functional groups attached to an aromatic ring is 1. The van der Waals surface area contributed by atoms with Crippen molar-refractivity contribution >= 4 is 5.82 Å². The lowest BCUT2D eigenvalue weighted by Gasteiger charge is -2.05. The highest BCUT2D eigenvalue weighted by molar-refractivity contribution is 5.74. The predicted molar refractivity (Wildman–Crippen MR) is 71.9 cm³/mol. The summed E-state index contributed by atoms with van der Waals surface area (Å²) < 4.78 is 1.97. The maximum absolute atomic E-state index is 6.13. The molecule has 2 aromatic rings. The molecule has 0 spiro atoms. The first-order chi connectivity index (χ1) is 8.04. The molecule has 0 radical (unpaired) electrons. The monoisotopic (exact) mass is 229 g/mol. The SMILES string of the molecule is CCc1nc(-c2cc(C)ccc2C)c(N)n1C. The molecule has 17 heavy (non-hydrogen) atoms. The van der Waals surface area contributed by atoms with E-state index in [1.165, 1.54) is 11.1 Å². The minimum atomic E-state index is 0.746. The smallest absolute Gasteiger partial charge is 0.131 e. The molecule has 0 saturated carbocycles. The van der Waals surface area contributed by atoms with Crippen LogP contribution in [0.25, 0.3) is 11.3 Å². The van der Waals surface area contributed by atoms with E-state index in [0.29, 0.717) is 0 Å². The van der Waals surface area contributed by atoms with E-state index >= 15 is 0 Å². The van der Waals surface area contributed by atoms with E-state index in [9.17, 15) is 0 Å². The summed E-state index contributed by atoms with van der Waals surface area (Å²) in [5, 5.41) is 0. The molecule has 0 aliphatic heterocycles. The van der Waals surface area contributed by atoms with Crippen LogP contribution in [0, 0.1) is 13.8 Å². The first-order valence-electron chi connectivity index (χ1n) is 5.93. The normalized spacial score (nSPS) is 10.8. The third-order valence-electron chi connectivity index (χ3n) is 3.20. The highest BCUT2D eigenvalue weighted by Gasteiger charge is 2.14. The van der Waals surface area contributed by atoms with Crippen LogP contribution in [0.3, 0.4) is 0 Å². The van der Waals surface area contributed by atoms with Crippen LogP contribution in [0.15, 0.2) is 18.2 Å². The molecular weight excluding hydrogens is 210 g/mol. The van der Waals surface area contributed by atoms with Crippen LogP contribution in [-0.4, -0.2) is 9.55 Å². The molecule has 0 unspecified atom stereocenters. The zero-order valence-electron chi connectivity index (χ0n) is 10.9. The lowest BCUT2D eigenvalue weighted by Crippen LogP contribution is -2.00. The number of nitrogens with two attached hydrogens (primary N) is 1. The molecule has 0 aliphatic rings. The van der Waals surface area contributed by atoms with Crippen molar-refractivity contribution in [2.45, 2.75) is 27.2 Å². The Labute approximate surface area is 102 Å². The van der Waals surface area contributed by atoms with Gasteiger partial charge in [-0.15, -0.1) is 0 Å². The molecule has 2 rings (SSSR count). The number of benzene rings is 1. The van der Waals surface area contributed by atoms with Crippen LogP contribution in [0.2, 0.25) is 0 Å². The van der Waals surface area contributed by atoms with Crippen LogP contribution in [0.4, 0.5) is 5.82 Å². The fraction of sp³-hybridized carbons (Fsp3) is 0.357. The average Bonchev–Trinajstić information content (AvgIpc) is 2.59. The van der Waals surface area contributed by atoms with Crippen LogP contribution < -0.4 is 5.73 Å². The highest BCUT2D eigenvalue weighted by atomic mass is 15.1.